The normalized spacial score (nSPS) is 10.5. The SMILES string of the molecule is O=C(Nc1ccc(F)cc1F)c1ccnc(Nc2cc(Cl)cc(Cl)c2)n1. The molecular formula is C17H10Cl2F2N4O. The van der Waals surface area contributed by atoms with E-state index in [0.29, 0.717) is 21.8 Å². The van der Waals surface area contributed by atoms with Gasteiger partial charge in [0.2, 0.25) is 5.95 Å². The quantitative estimate of drug-likeness (QED) is 0.648. The monoisotopic (exact) mass is 394 g/mol. The molecule has 0 aliphatic rings. The van der Waals surface area contributed by atoms with Crippen LogP contribution in [-0.4, -0.2) is 15.9 Å². The zero-order valence-corrected chi connectivity index (χ0v) is 14.4. The van der Waals surface area contributed by atoms with Crippen LogP contribution >= 0.6 is 23.2 Å². The zero-order valence-electron chi connectivity index (χ0n) is 12.9. The van der Waals surface area contributed by atoms with Crippen LogP contribution in [0.5, 0.6) is 0 Å². The lowest BCUT2D eigenvalue weighted by atomic mass is 10.3. The number of aromatic nitrogens is 2. The minimum Gasteiger partial charge on any atom is -0.324 e. The van der Waals surface area contributed by atoms with Crippen LogP contribution in [-0.2, 0) is 0 Å². The maximum Gasteiger partial charge on any atom is 0.274 e. The molecule has 0 aliphatic carbocycles. The fourth-order valence-electron chi connectivity index (χ4n) is 2.08. The van der Waals surface area contributed by atoms with Gasteiger partial charge in [0.15, 0.2) is 0 Å². The van der Waals surface area contributed by atoms with Gasteiger partial charge < -0.3 is 10.6 Å². The average molecular weight is 395 g/mol. The van der Waals surface area contributed by atoms with Crippen LogP contribution in [0, 0.1) is 11.6 Å². The number of benzene rings is 2. The Labute approximate surface area is 157 Å². The molecule has 0 fully saturated rings. The van der Waals surface area contributed by atoms with Crippen molar-refractivity contribution in [3.63, 3.8) is 0 Å². The highest BCUT2D eigenvalue weighted by atomic mass is 35.5. The van der Waals surface area contributed by atoms with Gasteiger partial charge in [-0.25, -0.2) is 18.7 Å². The van der Waals surface area contributed by atoms with Gasteiger partial charge in [-0.05, 0) is 36.4 Å². The smallest absolute Gasteiger partial charge is 0.274 e. The molecule has 0 atom stereocenters. The van der Waals surface area contributed by atoms with E-state index in [1.54, 1.807) is 18.2 Å². The van der Waals surface area contributed by atoms with Crippen molar-refractivity contribution in [3.8, 4) is 0 Å². The number of nitrogens with zero attached hydrogens (tertiary/aromatic N) is 2. The molecule has 1 amide bonds. The molecule has 0 unspecified atom stereocenters. The van der Waals surface area contributed by atoms with Crippen molar-refractivity contribution < 1.29 is 13.6 Å². The fourth-order valence-corrected chi connectivity index (χ4v) is 2.60. The molecule has 0 aliphatic heterocycles. The summed E-state index contributed by atoms with van der Waals surface area (Å²) in [6.07, 6.45) is 1.36. The van der Waals surface area contributed by atoms with Crippen LogP contribution in [0.3, 0.4) is 0 Å². The van der Waals surface area contributed by atoms with E-state index in [0.717, 1.165) is 12.1 Å². The highest BCUT2D eigenvalue weighted by molar-refractivity contribution is 6.35. The number of carbonyl (C=O) groups excluding carboxylic acids is 1. The lowest BCUT2D eigenvalue weighted by molar-refractivity contribution is 0.102. The topological polar surface area (TPSA) is 66.9 Å². The molecule has 1 aromatic heterocycles. The second-order valence-electron chi connectivity index (χ2n) is 5.13. The Balaban J connectivity index is 1.78. The molecule has 0 saturated carbocycles. The van der Waals surface area contributed by atoms with Crippen LogP contribution in [0.1, 0.15) is 10.5 Å². The molecular weight excluding hydrogens is 385 g/mol. The van der Waals surface area contributed by atoms with Gasteiger partial charge in [0.05, 0.1) is 5.69 Å². The molecule has 2 aromatic carbocycles. The van der Waals surface area contributed by atoms with Gasteiger partial charge in [-0.1, -0.05) is 23.2 Å². The summed E-state index contributed by atoms with van der Waals surface area (Å²) in [4.78, 5) is 20.3. The average Bonchev–Trinajstić information content (AvgIpc) is 2.56. The van der Waals surface area contributed by atoms with E-state index in [9.17, 15) is 13.6 Å². The van der Waals surface area contributed by atoms with E-state index in [-0.39, 0.29) is 17.3 Å². The predicted octanol–water partition coefficient (Wildman–Crippen LogP) is 5.06. The van der Waals surface area contributed by atoms with Crippen LogP contribution in [0.25, 0.3) is 0 Å². The summed E-state index contributed by atoms with van der Waals surface area (Å²) < 4.78 is 26.6. The summed E-state index contributed by atoms with van der Waals surface area (Å²) in [5, 5.41) is 6.03. The summed E-state index contributed by atoms with van der Waals surface area (Å²) in [5.74, 6) is -2.19. The van der Waals surface area contributed by atoms with E-state index < -0.39 is 17.5 Å². The number of hydrogen-bond donors (Lipinski definition) is 2. The molecule has 0 radical (unpaired) electrons. The van der Waals surface area contributed by atoms with Crippen molar-refractivity contribution in [2.24, 2.45) is 0 Å². The van der Waals surface area contributed by atoms with Crippen LogP contribution in [0.2, 0.25) is 10.0 Å². The number of hydrogen-bond acceptors (Lipinski definition) is 4. The fraction of sp³-hybridized carbons (Fsp3) is 0. The van der Waals surface area contributed by atoms with Crippen molar-refractivity contribution in [1.29, 1.82) is 0 Å². The van der Waals surface area contributed by atoms with Gasteiger partial charge in [0, 0.05) is 28.0 Å². The molecule has 26 heavy (non-hydrogen) atoms. The largest absolute Gasteiger partial charge is 0.324 e. The van der Waals surface area contributed by atoms with Crippen molar-refractivity contribution in [3.05, 3.63) is 76.0 Å². The molecule has 0 bridgehead atoms. The Kier molecular flexibility index (Phi) is 5.29. The molecule has 132 valence electrons. The first-order valence-electron chi connectivity index (χ1n) is 7.23. The van der Waals surface area contributed by atoms with Crippen LogP contribution in [0.4, 0.5) is 26.1 Å². The molecule has 5 nitrogen and oxygen atoms in total. The van der Waals surface area contributed by atoms with Crippen LogP contribution in [0.15, 0.2) is 48.7 Å². The molecule has 3 aromatic rings. The first kappa shape index (κ1) is 18.0. The van der Waals surface area contributed by atoms with Gasteiger partial charge in [-0.3, -0.25) is 4.79 Å². The van der Waals surface area contributed by atoms with Crippen molar-refractivity contribution in [2.45, 2.75) is 0 Å². The Bertz CT molecular complexity index is 964. The molecule has 9 heteroatoms. The van der Waals surface area contributed by atoms with Gasteiger partial charge in [-0.2, -0.15) is 0 Å². The summed E-state index contributed by atoms with van der Waals surface area (Å²) in [7, 11) is 0. The number of carbonyl (C=O) groups is 1. The summed E-state index contributed by atoms with van der Waals surface area (Å²) in [6, 6.07) is 8.97. The number of anilines is 3. The molecule has 3 rings (SSSR count). The lowest BCUT2D eigenvalue weighted by Gasteiger charge is -2.08. The zero-order chi connectivity index (χ0) is 18.7. The summed E-state index contributed by atoms with van der Waals surface area (Å²) in [5.41, 5.74) is 0.357. The predicted molar refractivity (Wildman–Crippen MR) is 96.1 cm³/mol. The molecule has 0 spiro atoms. The van der Waals surface area contributed by atoms with E-state index >= 15 is 0 Å². The van der Waals surface area contributed by atoms with E-state index in [4.69, 9.17) is 23.2 Å². The van der Waals surface area contributed by atoms with Crippen molar-refractivity contribution in [2.75, 3.05) is 10.6 Å². The summed E-state index contributed by atoms with van der Waals surface area (Å²) in [6.45, 7) is 0. The Morgan fingerprint density at radius 2 is 1.73 bits per heavy atom. The summed E-state index contributed by atoms with van der Waals surface area (Å²) >= 11 is 11.8. The Hall–Kier alpha value is -2.77. The van der Waals surface area contributed by atoms with Crippen molar-refractivity contribution in [1.82, 2.24) is 9.97 Å². The number of nitrogens with one attached hydrogen (secondary N) is 2. The minimum atomic E-state index is -0.890. The number of halogens is 4. The minimum absolute atomic E-state index is 0.0145. The Morgan fingerprint density at radius 3 is 2.42 bits per heavy atom. The highest BCUT2D eigenvalue weighted by Crippen LogP contribution is 2.24. The third-order valence-corrected chi connectivity index (χ3v) is 3.62. The first-order chi connectivity index (χ1) is 12.4. The van der Waals surface area contributed by atoms with Gasteiger partial charge in [-0.15, -0.1) is 0 Å². The highest BCUT2D eigenvalue weighted by Gasteiger charge is 2.12. The third kappa shape index (κ3) is 4.44. The van der Waals surface area contributed by atoms with Gasteiger partial charge >= 0.3 is 0 Å². The lowest BCUT2D eigenvalue weighted by Crippen LogP contribution is -2.15. The van der Waals surface area contributed by atoms with Crippen LogP contribution < -0.4 is 10.6 Å². The second kappa shape index (κ2) is 7.63. The molecule has 1 heterocycles. The standard InChI is InChI=1S/C17H10Cl2F2N4O/c18-9-5-10(19)7-12(6-9)23-17-22-4-3-15(25-17)16(26)24-14-2-1-11(20)8-13(14)21/h1-8H,(H,24,26)(H,22,23,25). The van der Waals surface area contributed by atoms with Gasteiger partial charge in [0.1, 0.15) is 17.3 Å². The van der Waals surface area contributed by atoms with E-state index in [2.05, 4.69) is 20.6 Å². The number of rotatable bonds is 4. The molecule has 2 N–H and O–H groups in total. The maximum atomic E-state index is 13.6. The van der Waals surface area contributed by atoms with E-state index in [1.165, 1.54) is 12.3 Å². The van der Waals surface area contributed by atoms with E-state index in [1.807, 2.05) is 0 Å². The van der Waals surface area contributed by atoms with Crippen molar-refractivity contribution >= 4 is 46.4 Å². The Morgan fingerprint density at radius 1 is 1.00 bits per heavy atom. The maximum absolute atomic E-state index is 13.6. The first-order valence-corrected chi connectivity index (χ1v) is 7.99. The third-order valence-electron chi connectivity index (χ3n) is 3.19. The molecule has 0 saturated heterocycles. The number of amides is 1. The van der Waals surface area contributed by atoms with Gasteiger partial charge in [0.25, 0.3) is 5.91 Å². The second-order valence-corrected chi connectivity index (χ2v) is 6.00.